The summed E-state index contributed by atoms with van der Waals surface area (Å²) in [5.74, 6) is 0.608. The van der Waals surface area contributed by atoms with E-state index in [1.54, 1.807) is 36.4 Å². The summed E-state index contributed by atoms with van der Waals surface area (Å²) >= 11 is 12.0. The number of fused-ring (bicyclic) bond motifs is 1. The van der Waals surface area contributed by atoms with Crippen molar-refractivity contribution in [3.63, 3.8) is 0 Å². The fourth-order valence-corrected chi connectivity index (χ4v) is 3.84. The second-order valence-corrected chi connectivity index (χ2v) is 8.06. The molecule has 0 saturated carbocycles. The van der Waals surface area contributed by atoms with E-state index in [0.717, 1.165) is 0 Å². The Balaban J connectivity index is 1.51. The van der Waals surface area contributed by atoms with Gasteiger partial charge in [0.25, 0.3) is 5.91 Å². The van der Waals surface area contributed by atoms with Crippen LogP contribution in [0.1, 0.15) is 34.0 Å². The van der Waals surface area contributed by atoms with Crippen molar-refractivity contribution >= 4 is 41.0 Å². The van der Waals surface area contributed by atoms with Crippen LogP contribution in [-0.2, 0) is 4.74 Å². The molecule has 1 unspecified atom stereocenters. The maximum absolute atomic E-state index is 12.5. The second-order valence-electron chi connectivity index (χ2n) is 7.21. The smallest absolute Gasteiger partial charge is 0.493 e. The minimum atomic E-state index is -1.40. The van der Waals surface area contributed by atoms with Crippen LogP contribution in [-0.4, -0.2) is 23.8 Å². The van der Waals surface area contributed by atoms with Crippen molar-refractivity contribution in [2.75, 3.05) is 11.9 Å². The zero-order valence-corrected chi connectivity index (χ0v) is 18.9. The van der Waals surface area contributed by atoms with Crippen LogP contribution in [0.3, 0.4) is 0 Å². The number of carbonyl (C=O) groups excluding carboxylic acids is 1. The summed E-state index contributed by atoms with van der Waals surface area (Å²) in [6, 6.07) is 16.1. The van der Waals surface area contributed by atoms with E-state index in [-0.39, 0.29) is 23.8 Å². The summed E-state index contributed by atoms with van der Waals surface area (Å²) < 4.78 is 16.3. The summed E-state index contributed by atoms with van der Waals surface area (Å²) in [6.07, 6.45) is -1.79. The Morgan fingerprint density at radius 3 is 2.56 bits per heavy atom. The Bertz CT molecular complexity index is 1300. The monoisotopic (exact) mass is 498 g/mol. The molecule has 2 N–H and O–H groups in total. The Kier molecular flexibility index (Phi) is 6.77. The molecule has 3 aromatic rings. The second kappa shape index (κ2) is 9.91. The molecule has 1 amide bonds. The molecule has 3 aromatic carbocycles. The number of benzene rings is 3. The maximum atomic E-state index is 12.5. The maximum Gasteiger partial charge on any atom is 0.506 e. The number of amides is 1. The molecule has 1 heterocycles. The van der Waals surface area contributed by atoms with Crippen molar-refractivity contribution in [2.45, 2.75) is 12.5 Å². The molecule has 0 saturated heterocycles. The Hall–Kier alpha value is -3.93. The molecule has 4 rings (SSSR count). The summed E-state index contributed by atoms with van der Waals surface area (Å²) in [5.41, 5.74) is 1.43. The minimum absolute atomic E-state index is 0.183. The van der Waals surface area contributed by atoms with Gasteiger partial charge in [-0.3, -0.25) is 4.79 Å². The van der Waals surface area contributed by atoms with Gasteiger partial charge in [-0.1, -0.05) is 23.2 Å². The third-order valence-corrected chi connectivity index (χ3v) is 5.53. The van der Waals surface area contributed by atoms with E-state index in [9.17, 15) is 14.9 Å². The van der Waals surface area contributed by atoms with Gasteiger partial charge in [0.1, 0.15) is 29.4 Å². The molecule has 1 aliphatic heterocycles. The molecule has 1 aliphatic rings. The quantitative estimate of drug-likeness (QED) is 0.389. The van der Waals surface area contributed by atoms with Crippen LogP contribution in [0.5, 0.6) is 17.2 Å². The molecule has 0 aliphatic carbocycles. The van der Waals surface area contributed by atoms with Gasteiger partial charge >= 0.3 is 6.16 Å². The fraction of sp³-hybridized carbons (Fsp3) is 0.125. The van der Waals surface area contributed by atoms with Gasteiger partial charge < -0.3 is 24.6 Å². The van der Waals surface area contributed by atoms with Gasteiger partial charge in [0.05, 0.1) is 22.9 Å². The molecule has 1 atom stereocenters. The number of rotatable bonds is 5. The predicted octanol–water partition coefficient (Wildman–Crippen LogP) is 6.43. The predicted molar refractivity (Wildman–Crippen MR) is 124 cm³/mol. The van der Waals surface area contributed by atoms with Gasteiger partial charge in [-0.15, -0.1) is 0 Å². The lowest BCUT2D eigenvalue weighted by atomic mass is 10.00. The van der Waals surface area contributed by atoms with Crippen LogP contribution >= 0.6 is 23.2 Å². The average molecular weight is 499 g/mol. The zero-order chi connectivity index (χ0) is 24.2. The number of carbonyl (C=O) groups is 2. The van der Waals surface area contributed by atoms with Crippen LogP contribution in [0.15, 0.2) is 54.6 Å². The normalized spacial score (nSPS) is 14.2. The lowest BCUT2D eigenvalue weighted by Gasteiger charge is -2.25. The molecule has 10 heteroatoms. The largest absolute Gasteiger partial charge is 0.506 e. The van der Waals surface area contributed by atoms with Crippen LogP contribution in [0.4, 0.5) is 10.5 Å². The molecule has 34 heavy (non-hydrogen) atoms. The standard InChI is InChI=1S/C24H16Cl2N2O6/c25-15-3-6-19(18(26)10-15)28-23(29)13-1-4-16(5-2-13)33-21-11-22-17(9-14(21)12-27)20(7-8-32-22)34-24(30)31/h1-6,9-11,20H,7-8H2,(H,28,29)(H,30,31). The van der Waals surface area contributed by atoms with Gasteiger partial charge in [0.15, 0.2) is 0 Å². The lowest BCUT2D eigenvalue weighted by Crippen LogP contribution is -2.19. The van der Waals surface area contributed by atoms with Gasteiger partial charge in [0.2, 0.25) is 0 Å². The zero-order valence-electron chi connectivity index (χ0n) is 17.4. The number of nitriles is 1. The molecule has 0 bridgehead atoms. The first kappa shape index (κ1) is 23.2. The van der Waals surface area contributed by atoms with E-state index < -0.39 is 12.3 Å². The van der Waals surface area contributed by atoms with E-state index >= 15 is 0 Å². The summed E-state index contributed by atoms with van der Waals surface area (Å²) in [6.45, 7) is 0.262. The van der Waals surface area contributed by atoms with E-state index in [2.05, 4.69) is 5.32 Å². The topological polar surface area (TPSA) is 118 Å². The molecule has 0 aromatic heterocycles. The van der Waals surface area contributed by atoms with Crippen molar-refractivity contribution in [3.05, 3.63) is 81.3 Å². The lowest BCUT2D eigenvalue weighted by molar-refractivity contribution is 0.0326. The van der Waals surface area contributed by atoms with Crippen molar-refractivity contribution in [3.8, 4) is 23.3 Å². The van der Waals surface area contributed by atoms with Crippen LogP contribution in [0.25, 0.3) is 0 Å². The SMILES string of the molecule is N#Cc1cc2c(cc1Oc1ccc(C(=O)Nc3ccc(Cl)cc3Cl)cc1)OCCC2OC(=O)O. The van der Waals surface area contributed by atoms with Gasteiger partial charge in [-0.25, -0.2) is 4.79 Å². The number of carboxylic acid groups (broad SMARTS) is 1. The molecule has 172 valence electrons. The Morgan fingerprint density at radius 1 is 1.12 bits per heavy atom. The summed E-state index contributed by atoms with van der Waals surface area (Å²) in [5, 5.41) is 22.0. The highest BCUT2D eigenvalue weighted by Gasteiger charge is 2.27. The van der Waals surface area contributed by atoms with Crippen LogP contribution in [0.2, 0.25) is 10.0 Å². The molecular formula is C24H16Cl2N2O6. The number of anilines is 1. The Labute approximate surface area is 204 Å². The summed E-state index contributed by atoms with van der Waals surface area (Å²) in [4.78, 5) is 23.5. The van der Waals surface area contributed by atoms with Crippen LogP contribution in [0, 0.1) is 11.3 Å². The fourth-order valence-electron chi connectivity index (χ4n) is 3.39. The number of nitrogens with zero attached hydrogens (tertiary/aromatic N) is 1. The highest BCUT2D eigenvalue weighted by Crippen LogP contribution is 2.40. The molecule has 8 nitrogen and oxygen atoms in total. The molecule has 0 radical (unpaired) electrons. The van der Waals surface area contributed by atoms with Crippen molar-refractivity contribution in [1.82, 2.24) is 0 Å². The van der Waals surface area contributed by atoms with Crippen molar-refractivity contribution < 1.29 is 28.9 Å². The number of hydrogen-bond donors (Lipinski definition) is 2. The third kappa shape index (κ3) is 5.17. The van der Waals surface area contributed by atoms with E-state index in [4.69, 9.17) is 42.5 Å². The first-order valence-electron chi connectivity index (χ1n) is 9.99. The van der Waals surface area contributed by atoms with E-state index in [0.29, 0.717) is 44.8 Å². The third-order valence-electron chi connectivity index (χ3n) is 4.98. The molecule has 0 spiro atoms. The van der Waals surface area contributed by atoms with Gasteiger partial charge in [-0.2, -0.15) is 5.26 Å². The first-order valence-corrected chi connectivity index (χ1v) is 10.7. The highest BCUT2D eigenvalue weighted by molar-refractivity contribution is 6.36. The number of ether oxygens (including phenoxy) is 3. The van der Waals surface area contributed by atoms with Crippen LogP contribution < -0.4 is 14.8 Å². The van der Waals surface area contributed by atoms with E-state index in [1.807, 2.05) is 6.07 Å². The first-order chi connectivity index (χ1) is 16.3. The summed E-state index contributed by atoms with van der Waals surface area (Å²) in [7, 11) is 0. The van der Waals surface area contributed by atoms with Gasteiger partial charge in [-0.05, 0) is 48.5 Å². The van der Waals surface area contributed by atoms with Crippen molar-refractivity contribution in [1.29, 1.82) is 5.26 Å². The molecule has 0 fully saturated rings. The average Bonchev–Trinajstić information content (AvgIpc) is 2.81. The number of halogens is 2. The number of nitrogens with one attached hydrogen (secondary N) is 1. The van der Waals surface area contributed by atoms with Crippen molar-refractivity contribution in [2.24, 2.45) is 0 Å². The number of hydrogen-bond acceptors (Lipinski definition) is 6. The van der Waals surface area contributed by atoms with Gasteiger partial charge in [0, 0.05) is 28.6 Å². The van der Waals surface area contributed by atoms with E-state index in [1.165, 1.54) is 18.2 Å². The highest BCUT2D eigenvalue weighted by atomic mass is 35.5. The molecular weight excluding hydrogens is 483 g/mol. The Morgan fingerprint density at radius 2 is 1.88 bits per heavy atom. The minimum Gasteiger partial charge on any atom is -0.493 e.